The maximum Gasteiger partial charge on any atom is 0.409 e. The molecule has 29 heavy (non-hydrogen) atoms. The van der Waals surface area contributed by atoms with Gasteiger partial charge in [-0.05, 0) is 42.0 Å². The molecule has 1 N–H and O–H groups in total. The highest BCUT2D eigenvalue weighted by atomic mass is 16.6. The van der Waals surface area contributed by atoms with Crippen LogP contribution in [0, 0.1) is 17.3 Å². The third kappa shape index (κ3) is 3.84. The molecular formula is C24H23NO4. The molecule has 4 rings (SSSR count). The molecule has 1 saturated heterocycles. The Bertz CT molecular complexity index is 963. The normalized spacial score (nSPS) is 16.9. The van der Waals surface area contributed by atoms with E-state index in [-0.39, 0.29) is 17.4 Å². The maximum absolute atomic E-state index is 12.6. The fourth-order valence-electron chi connectivity index (χ4n) is 4.20. The molecule has 0 aromatic heterocycles. The topological polar surface area (TPSA) is 66.8 Å². The Balaban J connectivity index is 1.40. The van der Waals surface area contributed by atoms with Crippen LogP contribution in [0.5, 0.6) is 0 Å². The molecule has 2 aromatic rings. The van der Waals surface area contributed by atoms with Crippen LogP contribution in [0.15, 0.2) is 48.5 Å². The molecule has 1 aliphatic heterocycles. The van der Waals surface area contributed by atoms with Crippen molar-refractivity contribution >= 4 is 12.1 Å². The van der Waals surface area contributed by atoms with Gasteiger partial charge in [-0.3, -0.25) is 0 Å². The minimum Gasteiger partial charge on any atom is -0.472 e. The van der Waals surface area contributed by atoms with Crippen molar-refractivity contribution in [1.82, 2.24) is 4.90 Å². The first kappa shape index (κ1) is 19.1. The van der Waals surface area contributed by atoms with Gasteiger partial charge in [-0.1, -0.05) is 54.5 Å². The highest BCUT2D eigenvalue weighted by Crippen LogP contribution is 2.44. The standard InChI is InChI=1S/C24H23NO4/c1-24(11-10-22(26)27)12-14-25(15-13-24)23(28)29-16-21-19-8-4-2-6-17(19)18-7-3-5-9-20(18)21/h2-9,21H,12-16H2,1H3,(H,26,27). The van der Waals surface area contributed by atoms with Crippen LogP contribution in [0.3, 0.4) is 0 Å². The van der Waals surface area contributed by atoms with Crippen LogP contribution in [-0.4, -0.2) is 41.8 Å². The van der Waals surface area contributed by atoms with E-state index in [0.717, 1.165) is 0 Å². The second kappa shape index (κ2) is 7.63. The summed E-state index contributed by atoms with van der Waals surface area (Å²) in [4.78, 5) is 25.0. The summed E-state index contributed by atoms with van der Waals surface area (Å²) in [5.74, 6) is 3.96. The molecule has 0 bridgehead atoms. The van der Waals surface area contributed by atoms with Crippen LogP contribution < -0.4 is 0 Å². The first-order chi connectivity index (χ1) is 14.0. The van der Waals surface area contributed by atoms with Gasteiger partial charge >= 0.3 is 12.1 Å². The fraction of sp³-hybridized carbons (Fsp3) is 0.333. The Morgan fingerprint density at radius 1 is 1.07 bits per heavy atom. The lowest BCUT2D eigenvalue weighted by atomic mass is 9.81. The average molecular weight is 389 g/mol. The van der Waals surface area contributed by atoms with E-state index < -0.39 is 5.97 Å². The summed E-state index contributed by atoms with van der Waals surface area (Å²) in [6, 6.07) is 16.5. The molecule has 1 heterocycles. The number of carboxylic acids is 1. The van der Waals surface area contributed by atoms with E-state index >= 15 is 0 Å². The molecule has 1 fully saturated rings. The Morgan fingerprint density at radius 2 is 1.62 bits per heavy atom. The highest BCUT2D eigenvalue weighted by Gasteiger charge is 2.33. The highest BCUT2D eigenvalue weighted by molar-refractivity contribution is 5.86. The number of carbonyl (C=O) groups is 2. The van der Waals surface area contributed by atoms with Gasteiger partial charge in [0.25, 0.3) is 0 Å². The lowest BCUT2D eigenvalue weighted by Crippen LogP contribution is -2.42. The van der Waals surface area contributed by atoms with Crippen LogP contribution in [0.4, 0.5) is 4.79 Å². The predicted molar refractivity (Wildman–Crippen MR) is 109 cm³/mol. The van der Waals surface area contributed by atoms with Crippen molar-refractivity contribution in [3.63, 3.8) is 0 Å². The van der Waals surface area contributed by atoms with E-state index in [1.165, 1.54) is 22.3 Å². The molecule has 0 spiro atoms. The zero-order valence-electron chi connectivity index (χ0n) is 16.4. The molecule has 2 aromatic carbocycles. The molecule has 5 heteroatoms. The molecule has 0 atom stereocenters. The SMILES string of the molecule is CC1(C#CC(=O)O)CCN(C(=O)OCC2c3ccccc3-c3ccccc32)CC1. The third-order valence-corrected chi connectivity index (χ3v) is 5.93. The molecule has 1 amide bonds. The summed E-state index contributed by atoms with van der Waals surface area (Å²) in [5.41, 5.74) is 4.41. The van der Waals surface area contributed by atoms with Gasteiger partial charge < -0.3 is 14.7 Å². The molecule has 1 aliphatic carbocycles. The zero-order valence-corrected chi connectivity index (χ0v) is 16.4. The summed E-state index contributed by atoms with van der Waals surface area (Å²) in [6.45, 7) is 3.28. The van der Waals surface area contributed by atoms with E-state index in [0.29, 0.717) is 32.5 Å². The lowest BCUT2D eigenvalue weighted by Gasteiger charge is -2.35. The Labute approximate surface area is 170 Å². The van der Waals surface area contributed by atoms with Crippen molar-refractivity contribution in [3.8, 4) is 23.0 Å². The average Bonchev–Trinajstić information content (AvgIpc) is 3.05. The lowest BCUT2D eigenvalue weighted by molar-refractivity contribution is -0.130. The van der Waals surface area contributed by atoms with Gasteiger partial charge in [-0.2, -0.15) is 0 Å². The summed E-state index contributed by atoms with van der Waals surface area (Å²) in [6.07, 6.45) is 0.953. The van der Waals surface area contributed by atoms with Gasteiger partial charge in [0.15, 0.2) is 0 Å². The Hall–Kier alpha value is -3.26. The number of hydrogen-bond donors (Lipinski definition) is 1. The van der Waals surface area contributed by atoms with E-state index in [4.69, 9.17) is 9.84 Å². The van der Waals surface area contributed by atoms with Gasteiger partial charge in [-0.25, -0.2) is 9.59 Å². The molecule has 148 valence electrons. The van der Waals surface area contributed by atoms with Gasteiger partial charge in [0, 0.05) is 30.3 Å². The first-order valence-corrected chi connectivity index (χ1v) is 9.83. The number of carbonyl (C=O) groups excluding carboxylic acids is 1. The molecular weight excluding hydrogens is 366 g/mol. The number of rotatable bonds is 2. The van der Waals surface area contributed by atoms with Gasteiger partial charge in [0.1, 0.15) is 6.61 Å². The Kier molecular flexibility index (Phi) is 5.02. The van der Waals surface area contributed by atoms with E-state index in [9.17, 15) is 9.59 Å². The number of carboxylic acid groups (broad SMARTS) is 1. The quantitative estimate of drug-likeness (QED) is 0.785. The molecule has 2 aliphatic rings. The number of nitrogens with zero attached hydrogens (tertiary/aromatic N) is 1. The number of amides is 1. The van der Waals surface area contributed by atoms with Crippen LogP contribution in [0.1, 0.15) is 36.8 Å². The summed E-state index contributed by atoms with van der Waals surface area (Å²) in [5, 5.41) is 8.75. The van der Waals surface area contributed by atoms with E-state index in [2.05, 4.69) is 36.1 Å². The van der Waals surface area contributed by atoms with Crippen molar-refractivity contribution < 1.29 is 19.4 Å². The van der Waals surface area contributed by atoms with Crippen LogP contribution in [0.2, 0.25) is 0 Å². The molecule has 5 nitrogen and oxygen atoms in total. The van der Waals surface area contributed by atoms with Crippen molar-refractivity contribution in [2.24, 2.45) is 5.41 Å². The fourth-order valence-corrected chi connectivity index (χ4v) is 4.20. The summed E-state index contributed by atoms with van der Waals surface area (Å²) < 4.78 is 5.70. The van der Waals surface area contributed by atoms with Crippen molar-refractivity contribution in [2.75, 3.05) is 19.7 Å². The number of piperidine rings is 1. The number of benzene rings is 2. The number of hydrogen-bond acceptors (Lipinski definition) is 3. The minimum absolute atomic E-state index is 0.0443. The predicted octanol–water partition coefficient (Wildman–Crippen LogP) is 4.13. The van der Waals surface area contributed by atoms with Gasteiger partial charge in [0.2, 0.25) is 0 Å². The number of fused-ring (bicyclic) bond motifs is 3. The largest absolute Gasteiger partial charge is 0.472 e. The van der Waals surface area contributed by atoms with Crippen LogP contribution >= 0.6 is 0 Å². The number of likely N-dealkylation sites (tertiary alicyclic amines) is 1. The van der Waals surface area contributed by atoms with E-state index in [1.54, 1.807) is 4.90 Å². The van der Waals surface area contributed by atoms with Gasteiger partial charge in [-0.15, -0.1) is 0 Å². The van der Waals surface area contributed by atoms with Crippen molar-refractivity contribution in [3.05, 3.63) is 59.7 Å². The number of ether oxygens (including phenoxy) is 1. The van der Waals surface area contributed by atoms with Crippen LogP contribution in [0.25, 0.3) is 11.1 Å². The second-order valence-corrected chi connectivity index (χ2v) is 7.91. The first-order valence-electron chi connectivity index (χ1n) is 9.83. The monoisotopic (exact) mass is 389 g/mol. The molecule has 0 radical (unpaired) electrons. The van der Waals surface area contributed by atoms with E-state index in [1.807, 2.05) is 31.2 Å². The molecule has 0 saturated carbocycles. The summed E-state index contributed by atoms with van der Waals surface area (Å²) >= 11 is 0. The number of aliphatic carboxylic acids is 1. The van der Waals surface area contributed by atoms with Gasteiger partial charge in [0.05, 0.1) is 0 Å². The molecule has 0 unspecified atom stereocenters. The second-order valence-electron chi connectivity index (χ2n) is 7.91. The minimum atomic E-state index is -1.12. The van der Waals surface area contributed by atoms with Crippen LogP contribution in [-0.2, 0) is 9.53 Å². The maximum atomic E-state index is 12.6. The third-order valence-electron chi connectivity index (χ3n) is 5.93. The summed E-state index contributed by atoms with van der Waals surface area (Å²) in [7, 11) is 0. The smallest absolute Gasteiger partial charge is 0.409 e. The van der Waals surface area contributed by atoms with Crippen molar-refractivity contribution in [2.45, 2.75) is 25.7 Å². The Morgan fingerprint density at radius 3 is 2.17 bits per heavy atom. The zero-order chi connectivity index (χ0) is 20.4. The van der Waals surface area contributed by atoms with Crippen molar-refractivity contribution in [1.29, 1.82) is 0 Å².